The van der Waals surface area contributed by atoms with Crippen molar-refractivity contribution in [2.45, 2.75) is 0 Å². The van der Waals surface area contributed by atoms with Gasteiger partial charge in [0.05, 0.1) is 19.2 Å². The molecular weight excluding hydrogens is 156 g/mol. The molecule has 1 aromatic rings. The van der Waals surface area contributed by atoms with Crippen molar-refractivity contribution >= 4 is 11.7 Å². The molecule has 1 heterocycles. The molecule has 60 valence electrons. The van der Waals surface area contributed by atoms with Gasteiger partial charge in [-0.15, -0.1) is 0 Å². The van der Waals surface area contributed by atoms with E-state index in [1.54, 1.807) is 0 Å². The van der Waals surface area contributed by atoms with E-state index in [4.69, 9.17) is 6.57 Å². The van der Waals surface area contributed by atoms with Crippen LogP contribution in [0, 0.1) is 6.57 Å². The average molecular weight is 162 g/mol. The summed E-state index contributed by atoms with van der Waals surface area (Å²) < 4.78 is 4.45. The van der Waals surface area contributed by atoms with Crippen molar-refractivity contribution in [1.29, 1.82) is 0 Å². The molecular formula is C8H6N2O2. The lowest BCUT2D eigenvalue weighted by Crippen LogP contribution is -2.00. The maximum atomic E-state index is 10.9. The van der Waals surface area contributed by atoms with Gasteiger partial charge < -0.3 is 4.74 Å². The van der Waals surface area contributed by atoms with Crippen LogP contribution < -0.4 is 0 Å². The fourth-order valence-corrected chi connectivity index (χ4v) is 0.718. The van der Waals surface area contributed by atoms with Crippen LogP contribution >= 0.6 is 0 Å². The molecule has 0 bridgehead atoms. The van der Waals surface area contributed by atoms with Gasteiger partial charge in [-0.25, -0.2) is 9.64 Å². The zero-order valence-electron chi connectivity index (χ0n) is 6.44. The van der Waals surface area contributed by atoms with E-state index in [9.17, 15) is 4.79 Å². The highest BCUT2D eigenvalue weighted by molar-refractivity contribution is 5.89. The molecule has 0 fully saturated rings. The molecule has 0 spiro atoms. The van der Waals surface area contributed by atoms with E-state index in [1.165, 1.54) is 25.6 Å². The number of carbonyl (C=O) groups is 1. The topological polar surface area (TPSA) is 43.5 Å². The minimum absolute atomic E-state index is 0.297. The maximum absolute atomic E-state index is 10.9. The molecule has 12 heavy (non-hydrogen) atoms. The number of aromatic nitrogens is 1. The van der Waals surface area contributed by atoms with Gasteiger partial charge in [-0.1, -0.05) is 0 Å². The van der Waals surface area contributed by atoms with Gasteiger partial charge in [-0.2, -0.15) is 0 Å². The molecule has 0 aromatic carbocycles. The van der Waals surface area contributed by atoms with E-state index < -0.39 is 5.97 Å². The molecule has 4 nitrogen and oxygen atoms in total. The Morgan fingerprint density at radius 1 is 1.67 bits per heavy atom. The normalized spacial score (nSPS) is 8.67. The molecule has 1 rings (SSSR count). The second-order valence-electron chi connectivity index (χ2n) is 2.04. The summed E-state index contributed by atoms with van der Waals surface area (Å²) in [5.74, 6) is -0.479. The summed E-state index contributed by atoms with van der Waals surface area (Å²) in [6, 6.07) is 1.44. The third kappa shape index (κ3) is 1.58. The monoisotopic (exact) mass is 162 g/mol. The number of hydrogen-bond acceptors (Lipinski definition) is 3. The van der Waals surface area contributed by atoms with Crippen LogP contribution in [0.5, 0.6) is 0 Å². The lowest BCUT2D eigenvalue weighted by atomic mass is 10.3. The number of hydrogen-bond donors (Lipinski definition) is 0. The smallest absolute Gasteiger partial charge is 0.338 e. The van der Waals surface area contributed by atoms with Crippen molar-refractivity contribution in [3.63, 3.8) is 0 Å². The SMILES string of the molecule is [C-]#[N+]c1cncc(C(=O)OC)c1. The highest BCUT2D eigenvalue weighted by atomic mass is 16.5. The lowest BCUT2D eigenvalue weighted by Gasteiger charge is -1.97. The summed E-state index contributed by atoms with van der Waals surface area (Å²) in [6.07, 6.45) is 2.75. The molecule has 0 N–H and O–H groups in total. The van der Waals surface area contributed by atoms with Crippen LogP contribution in [0.25, 0.3) is 4.85 Å². The second-order valence-corrected chi connectivity index (χ2v) is 2.04. The Kier molecular flexibility index (Phi) is 2.38. The molecule has 0 unspecified atom stereocenters. The fraction of sp³-hybridized carbons (Fsp3) is 0.125. The third-order valence-corrected chi connectivity index (χ3v) is 1.27. The zero-order chi connectivity index (χ0) is 8.97. The number of ether oxygens (including phenoxy) is 1. The maximum Gasteiger partial charge on any atom is 0.338 e. The Morgan fingerprint density at radius 2 is 2.42 bits per heavy atom. The standard InChI is InChI=1S/C8H6N2O2/c1-9-7-3-6(4-10-5-7)8(11)12-2/h3-5H,2H3. The summed E-state index contributed by atoms with van der Waals surface area (Å²) in [6.45, 7) is 6.67. The zero-order valence-corrected chi connectivity index (χ0v) is 6.44. The van der Waals surface area contributed by atoms with Crippen molar-refractivity contribution < 1.29 is 9.53 Å². The number of carbonyl (C=O) groups excluding carboxylic acids is 1. The van der Waals surface area contributed by atoms with Crippen LogP contribution in [-0.2, 0) is 4.74 Å². The van der Waals surface area contributed by atoms with Crippen LogP contribution in [0.3, 0.4) is 0 Å². The lowest BCUT2D eigenvalue weighted by molar-refractivity contribution is 0.0600. The molecule has 0 aliphatic rings. The number of esters is 1. The Hall–Kier alpha value is -1.89. The number of pyridine rings is 1. The summed E-state index contributed by atoms with van der Waals surface area (Å²) in [5, 5.41) is 0. The van der Waals surface area contributed by atoms with E-state index in [0.717, 1.165) is 0 Å². The molecule has 4 heteroatoms. The van der Waals surface area contributed by atoms with Crippen molar-refractivity contribution in [3.8, 4) is 0 Å². The summed E-state index contributed by atoms with van der Waals surface area (Å²) in [4.78, 5) is 17.8. The molecule has 0 saturated carbocycles. The van der Waals surface area contributed by atoms with E-state index in [1.807, 2.05) is 0 Å². The van der Waals surface area contributed by atoms with Gasteiger partial charge in [-0.05, 0) is 6.07 Å². The average Bonchev–Trinajstić information content (AvgIpc) is 2.17. The molecule has 0 atom stereocenters. The van der Waals surface area contributed by atoms with Crippen LogP contribution in [0.4, 0.5) is 5.69 Å². The number of nitrogens with zero attached hydrogens (tertiary/aromatic N) is 2. The first-order valence-electron chi connectivity index (χ1n) is 3.18. The third-order valence-electron chi connectivity index (χ3n) is 1.27. The Balaban J connectivity index is 3.04. The largest absolute Gasteiger partial charge is 0.465 e. The van der Waals surface area contributed by atoms with Crippen molar-refractivity contribution in [3.05, 3.63) is 35.4 Å². The molecule has 0 aliphatic carbocycles. The predicted molar refractivity (Wildman–Crippen MR) is 41.8 cm³/mol. The minimum Gasteiger partial charge on any atom is -0.465 e. The molecule has 1 aromatic heterocycles. The van der Waals surface area contributed by atoms with Crippen molar-refractivity contribution in [1.82, 2.24) is 4.98 Å². The van der Waals surface area contributed by atoms with Gasteiger partial charge in [0.25, 0.3) is 0 Å². The first-order valence-corrected chi connectivity index (χ1v) is 3.18. The van der Waals surface area contributed by atoms with Gasteiger partial charge in [0.2, 0.25) is 5.69 Å². The summed E-state index contributed by atoms with van der Waals surface area (Å²) in [5.41, 5.74) is 0.629. The van der Waals surface area contributed by atoms with Gasteiger partial charge in [-0.3, -0.25) is 4.98 Å². The number of methoxy groups -OCH3 is 1. The first kappa shape index (κ1) is 8.21. The van der Waals surface area contributed by atoms with E-state index in [-0.39, 0.29) is 0 Å². The van der Waals surface area contributed by atoms with Crippen LogP contribution in [0.2, 0.25) is 0 Å². The van der Waals surface area contributed by atoms with E-state index in [0.29, 0.717) is 11.3 Å². The summed E-state index contributed by atoms with van der Waals surface area (Å²) in [7, 11) is 1.28. The minimum atomic E-state index is -0.479. The quantitative estimate of drug-likeness (QED) is 0.463. The van der Waals surface area contributed by atoms with Crippen LogP contribution in [0.1, 0.15) is 10.4 Å². The molecule has 0 saturated heterocycles. The van der Waals surface area contributed by atoms with Gasteiger partial charge in [0, 0.05) is 12.4 Å². The Labute approximate surface area is 69.6 Å². The van der Waals surface area contributed by atoms with Crippen molar-refractivity contribution in [2.24, 2.45) is 0 Å². The first-order chi connectivity index (χ1) is 5.77. The summed E-state index contributed by atoms with van der Waals surface area (Å²) >= 11 is 0. The molecule has 0 aliphatic heterocycles. The molecule has 0 amide bonds. The Bertz CT molecular complexity index is 341. The van der Waals surface area contributed by atoms with E-state index >= 15 is 0 Å². The highest BCUT2D eigenvalue weighted by Crippen LogP contribution is 2.11. The van der Waals surface area contributed by atoms with Crippen LogP contribution in [-0.4, -0.2) is 18.1 Å². The highest BCUT2D eigenvalue weighted by Gasteiger charge is 2.05. The predicted octanol–water partition coefficient (Wildman–Crippen LogP) is 1.42. The van der Waals surface area contributed by atoms with Crippen LogP contribution in [0.15, 0.2) is 18.5 Å². The van der Waals surface area contributed by atoms with Gasteiger partial charge >= 0.3 is 5.97 Å². The van der Waals surface area contributed by atoms with E-state index in [2.05, 4.69) is 14.6 Å². The van der Waals surface area contributed by atoms with Crippen molar-refractivity contribution in [2.75, 3.05) is 7.11 Å². The second kappa shape index (κ2) is 3.49. The number of rotatable bonds is 1. The van der Waals surface area contributed by atoms with Gasteiger partial charge in [0.15, 0.2) is 0 Å². The van der Waals surface area contributed by atoms with Gasteiger partial charge in [0.1, 0.15) is 0 Å². The fourth-order valence-electron chi connectivity index (χ4n) is 0.718. The Morgan fingerprint density at radius 3 is 3.00 bits per heavy atom. The molecule has 0 radical (unpaired) electrons.